The van der Waals surface area contributed by atoms with Crippen molar-refractivity contribution < 1.29 is 9.90 Å². The fourth-order valence-corrected chi connectivity index (χ4v) is 2.78. The number of carboxylic acids is 1. The van der Waals surface area contributed by atoms with Crippen LogP contribution in [0.5, 0.6) is 0 Å². The molecule has 2 aromatic heterocycles. The van der Waals surface area contributed by atoms with Gasteiger partial charge in [-0.15, -0.1) is 0 Å². The highest BCUT2D eigenvalue weighted by atomic mass is 79.9. The van der Waals surface area contributed by atoms with E-state index < -0.39 is 5.97 Å². The van der Waals surface area contributed by atoms with Crippen molar-refractivity contribution in [2.45, 2.75) is 0 Å². The van der Waals surface area contributed by atoms with Gasteiger partial charge < -0.3 is 5.11 Å². The summed E-state index contributed by atoms with van der Waals surface area (Å²) in [6.07, 6.45) is 1.78. The Morgan fingerprint density at radius 3 is 2.60 bits per heavy atom. The van der Waals surface area contributed by atoms with Crippen molar-refractivity contribution in [1.29, 1.82) is 0 Å². The highest BCUT2D eigenvalue weighted by Crippen LogP contribution is 2.29. The van der Waals surface area contributed by atoms with Gasteiger partial charge in [0.2, 0.25) is 0 Å². The minimum Gasteiger partial charge on any atom is -0.476 e. The first-order valence-electron chi connectivity index (χ1n) is 5.74. The van der Waals surface area contributed by atoms with Crippen molar-refractivity contribution in [2.75, 3.05) is 0 Å². The number of halogens is 2. The Morgan fingerprint density at radius 2 is 1.95 bits per heavy atom. The molecular weight excluding hydrogens is 344 g/mol. The largest absolute Gasteiger partial charge is 0.476 e. The maximum atomic E-state index is 11.1. The van der Waals surface area contributed by atoms with Gasteiger partial charge in [-0.05, 0) is 33.1 Å². The van der Waals surface area contributed by atoms with Gasteiger partial charge in [0, 0.05) is 6.20 Å². The van der Waals surface area contributed by atoms with Crippen LogP contribution in [0.2, 0.25) is 5.15 Å². The Bertz CT molecular complexity index is 815. The van der Waals surface area contributed by atoms with E-state index in [9.17, 15) is 4.79 Å². The number of hydrogen-bond donors (Lipinski definition) is 1. The molecule has 4 nitrogen and oxygen atoms in total. The molecule has 2 heterocycles. The number of nitrogens with zero attached hydrogens (tertiary/aromatic N) is 2. The standard InChI is InChI=1S/C14H8BrClN2O2/c15-10-6-9(8-4-2-1-3-5-8)7-18-12(16)11(14(19)20)17-13(10)18/h1-7H,(H,19,20). The maximum absolute atomic E-state index is 11.1. The number of benzene rings is 1. The molecule has 0 aliphatic heterocycles. The number of imidazole rings is 1. The normalized spacial score (nSPS) is 10.9. The molecule has 6 heteroatoms. The van der Waals surface area contributed by atoms with Crippen LogP contribution in [-0.2, 0) is 0 Å². The zero-order chi connectivity index (χ0) is 14.3. The summed E-state index contributed by atoms with van der Waals surface area (Å²) in [5.74, 6) is -1.15. The average molecular weight is 352 g/mol. The van der Waals surface area contributed by atoms with E-state index in [0.717, 1.165) is 11.1 Å². The third kappa shape index (κ3) is 2.09. The van der Waals surface area contributed by atoms with Crippen LogP contribution in [0.15, 0.2) is 47.1 Å². The minimum absolute atomic E-state index is 0.0889. The van der Waals surface area contributed by atoms with Crippen LogP contribution < -0.4 is 0 Å². The molecular formula is C14H8BrClN2O2. The molecule has 0 spiro atoms. The molecule has 0 saturated heterocycles. The van der Waals surface area contributed by atoms with Gasteiger partial charge in [-0.2, -0.15) is 0 Å². The van der Waals surface area contributed by atoms with Crippen molar-refractivity contribution in [3.05, 3.63) is 57.9 Å². The molecule has 0 amide bonds. The van der Waals surface area contributed by atoms with Crippen molar-refractivity contribution in [2.24, 2.45) is 0 Å². The average Bonchev–Trinajstić information content (AvgIpc) is 2.78. The highest BCUT2D eigenvalue weighted by molar-refractivity contribution is 9.10. The number of carboxylic acid groups (broad SMARTS) is 1. The second-order valence-corrected chi connectivity index (χ2v) is 5.41. The lowest BCUT2D eigenvalue weighted by atomic mass is 10.1. The van der Waals surface area contributed by atoms with Crippen LogP contribution in [0.25, 0.3) is 16.8 Å². The summed E-state index contributed by atoms with van der Waals surface area (Å²) in [6.45, 7) is 0. The molecule has 100 valence electrons. The number of hydrogen-bond acceptors (Lipinski definition) is 2. The third-order valence-corrected chi connectivity index (χ3v) is 3.87. The SMILES string of the molecule is O=C(O)c1nc2c(Br)cc(-c3ccccc3)cn2c1Cl. The molecule has 1 aromatic carbocycles. The number of aromatic nitrogens is 2. The summed E-state index contributed by atoms with van der Waals surface area (Å²) >= 11 is 9.49. The summed E-state index contributed by atoms with van der Waals surface area (Å²) in [6, 6.07) is 11.6. The van der Waals surface area contributed by atoms with Crippen molar-refractivity contribution >= 4 is 39.1 Å². The molecule has 0 atom stereocenters. The number of rotatable bonds is 2. The first kappa shape index (κ1) is 13.1. The van der Waals surface area contributed by atoms with Crippen LogP contribution in [0, 0.1) is 0 Å². The predicted molar refractivity (Wildman–Crippen MR) is 80.3 cm³/mol. The maximum Gasteiger partial charge on any atom is 0.357 e. The van der Waals surface area contributed by atoms with E-state index in [-0.39, 0.29) is 10.8 Å². The zero-order valence-electron chi connectivity index (χ0n) is 10.0. The molecule has 0 bridgehead atoms. The predicted octanol–water partition coefficient (Wildman–Crippen LogP) is 4.12. The van der Waals surface area contributed by atoms with Gasteiger partial charge in [-0.25, -0.2) is 9.78 Å². The molecule has 1 N–H and O–H groups in total. The molecule has 3 rings (SSSR count). The number of aromatic carboxylic acids is 1. The zero-order valence-corrected chi connectivity index (χ0v) is 12.4. The molecule has 3 aromatic rings. The van der Waals surface area contributed by atoms with Crippen LogP contribution in [0.4, 0.5) is 0 Å². The van der Waals surface area contributed by atoms with Gasteiger partial charge in [0.1, 0.15) is 5.15 Å². The van der Waals surface area contributed by atoms with Crippen molar-refractivity contribution in [3.8, 4) is 11.1 Å². The van der Waals surface area contributed by atoms with E-state index in [1.807, 2.05) is 36.4 Å². The van der Waals surface area contributed by atoms with Gasteiger partial charge in [-0.3, -0.25) is 4.40 Å². The number of fused-ring (bicyclic) bond motifs is 1. The van der Waals surface area contributed by atoms with Gasteiger partial charge in [0.25, 0.3) is 0 Å². The van der Waals surface area contributed by atoms with Crippen LogP contribution >= 0.6 is 27.5 Å². The molecule has 0 aliphatic rings. The van der Waals surface area contributed by atoms with Gasteiger partial charge in [0.15, 0.2) is 11.3 Å². The Kier molecular flexibility index (Phi) is 3.23. The summed E-state index contributed by atoms with van der Waals surface area (Å²) in [7, 11) is 0. The molecule has 0 aliphatic carbocycles. The summed E-state index contributed by atoms with van der Waals surface area (Å²) in [5.41, 5.74) is 2.25. The monoisotopic (exact) mass is 350 g/mol. The van der Waals surface area contributed by atoms with E-state index in [2.05, 4.69) is 20.9 Å². The Morgan fingerprint density at radius 1 is 1.25 bits per heavy atom. The first-order valence-corrected chi connectivity index (χ1v) is 6.91. The van der Waals surface area contributed by atoms with E-state index in [1.54, 1.807) is 10.6 Å². The summed E-state index contributed by atoms with van der Waals surface area (Å²) in [5, 5.41) is 9.16. The quantitative estimate of drug-likeness (QED) is 0.756. The molecule has 0 saturated carbocycles. The molecule has 0 fully saturated rings. The Labute approximate surface area is 127 Å². The lowest BCUT2D eigenvalue weighted by Crippen LogP contribution is -1.96. The Balaban J connectivity index is 2.29. The molecule has 0 unspecified atom stereocenters. The summed E-state index contributed by atoms with van der Waals surface area (Å²) < 4.78 is 2.26. The van der Waals surface area contributed by atoms with Crippen LogP contribution in [0.1, 0.15) is 10.5 Å². The molecule has 0 radical (unpaired) electrons. The summed E-state index contributed by atoms with van der Waals surface area (Å²) in [4.78, 5) is 15.1. The highest BCUT2D eigenvalue weighted by Gasteiger charge is 2.18. The van der Waals surface area contributed by atoms with Crippen LogP contribution in [0.3, 0.4) is 0 Å². The van der Waals surface area contributed by atoms with E-state index >= 15 is 0 Å². The topological polar surface area (TPSA) is 54.6 Å². The third-order valence-electron chi connectivity index (χ3n) is 2.93. The second kappa shape index (κ2) is 4.92. The number of carbonyl (C=O) groups is 1. The lowest BCUT2D eigenvalue weighted by Gasteiger charge is -2.05. The second-order valence-electron chi connectivity index (χ2n) is 4.19. The number of pyridine rings is 1. The Hall–Kier alpha value is -1.85. The van der Waals surface area contributed by atoms with Crippen molar-refractivity contribution in [1.82, 2.24) is 9.38 Å². The van der Waals surface area contributed by atoms with Crippen molar-refractivity contribution in [3.63, 3.8) is 0 Å². The van der Waals surface area contributed by atoms with Gasteiger partial charge in [-0.1, -0.05) is 41.9 Å². The first-order chi connectivity index (χ1) is 9.58. The fourth-order valence-electron chi connectivity index (χ4n) is 2.00. The van der Waals surface area contributed by atoms with Gasteiger partial charge >= 0.3 is 5.97 Å². The van der Waals surface area contributed by atoms with E-state index in [0.29, 0.717) is 10.1 Å². The smallest absolute Gasteiger partial charge is 0.357 e. The fraction of sp³-hybridized carbons (Fsp3) is 0. The van der Waals surface area contributed by atoms with Gasteiger partial charge in [0.05, 0.1) is 4.47 Å². The molecule has 20 heavy (non-hydrogen) atoms. The van der Waals surface area contributed by atoms with E-state index in [4.69, 9.17) is 16.7 Å². The minimum atomic E-state index is -1.15. The van der Waals surface area contributed by atoms with Crippen LogP contribution in [-0.4, -0.2) is 20.5 Å². The van der Waals surface area contributed by atoms with E-state index in [1.165, 1.54) is 0 Å². The lowest BCUT2D eigenvalue weighted by molar-refractivity contribution is 0.0691.